The van der Waals surface area contributed by atoms with Crippen molar-refractivity contribution in [1.29, 1.82) is 0 Å². The summed E-state index contributed by atoms with van der Waals surface area (Å²) in [5, 5.41) is 6.05. The van der Waals surface area contributed by atoms with E-state index in [1.165, 1.54) is 0 Å². The van der Waals surface area contributed by atoms with Crippen LogP contribution in [0.25, 0.3) is 0 Å². The largest absolute Gasteiger partial charge is 0.457 e. The van der Waals surface area contributed by atoms with Gasteiger partial charge in [-0.25, -0.2) is 0 Å². The summed E-state index contributed by atoms with van der Waals surface area (Å²) in [5.41, 5.74) is 1.66. The van der Waals surface area contributed by atoms with E-state index in [1.54, 1.807) is 18.2 Å². The normalized spacial score (nSPS) is 26.9. The summed E-state index contributed by atoms with van der Waals surface area (Å²) in [6, 6.07) is 14.4. The molecule has 3 aliphatic rings. The minimum absolute atomic E-state index is 0.0794. The van der Waals surface area contributed by atoms with Crippen LogP contribution in [0.2, 0.25) is 0 Å². The molecule has 0 unspecified atom stereocenters. The number of carbonyl (C=O) groups is 2. The van der Waals surface area contributed by atoms with Gasteiger partial charge in [0.05, 0.1) is 25.3 Å². The number of benzene rings is 2. The van der Waals surface area contributed by atoms with Gasteiger partial charge in [-0.15, -0.1) is 0 Å². The second kappa shape index (κ2) is 8.32. The second-order valence-electron chi connectivity index (χ2n) is 8.51. The summed E-state index contributed by atoms with van der Waals surface area (Å²) in [5.74, 6) is 1.32. The molecule has 5 rings (SSSR count). The van der Waals surface area contributed by atoms with Crippen LogP contribution in [0.1, 0.15) is 28.8 Å². The molecule has 162 valence electrons. The molecular weight excluding hydrogens is 396 g/mol. The van der Waals surface area contributed by atoms with Gasteiger partial charge in [0.1, 0.15) is 23.7 Å². The van der Waals surface area contributed by atoms with Crippen molar-refractivity contribution >= 4 is 11.8 Å². The molecule has 2 amide bonds. The van der Waals surface area contributed by atoms with E-state index < -0.39 is 0 Å². The first-order valence-electron chi connectivity index (χ1n) is 10.8. The summed E-state index contributed by atoms with van der Waals surface area (Å²) in [7, 11) is 0. The predicted octanol–water partition coefficient (Wildman–Crippen LogP) is 2.58. The second-order valence-corrected chi connectivity index (χ2v) is 8.51. The van der Waals surface area contributed by atoms with Crippen molar-refractivity contribution in [3.63, 3.8) is 0 Å². The summed E-state index contributed by atoms with van der Waals surface area (Å²) in [6.45, 7) is 2.78. The summed E-state index contributed by atoms with van der Waals surface area (Å²) >= 11 is 0. The molecule has 2 N–H and O–H groups in total. The smallest absolute Gasteiger partial charge is 0.251 e. The fourth-order valence-corrected chi connectivity index (χ4v) is 4.09. The minimum Gasteiger partial charge on any atom is -0.457 e. The molecule has 2 saturated heterocycles. The predicted molar refractivity (Wildman–Crippen MR) is 113 cm³/mol. The quantitative estimate of drug-likeness (QED) is 0.747. The average molecular weight is 422 g/mol. The van der Waals surface area contributed by atoms with Crippen LogP contribution in [-0.4, -0.2) is 49.3 Å². The number of rotatable bonds is 6. The van der Waals surface area contributed by atoms with Gasteiger partial charge in [-0.3, -0.25) is 9.59 Å². The van der Waals surface area contributed by atoms with Gasteiger partial charge in [0.25, 0.3) is 5.91 Å². The first-order valence-corrected chi connectivity index (χ1v) is 10.8. The number of hydrogen-bond donors (Lipinski definition) is 2. The molecule has 0 aromatic heterocycles. The highest BCUT2D eigenvalue weighted by atomic mass is 16.6. The third kappa shape index (κ3) is 4.43. The Hall–Kier alpha value is -2.90. The Morgan fingerprint density at radius 2 is 1.58 bits per heavy atom. The van der Waals surface area contributed by atoms with E-state index in [9.17, 15) is 9.59 Å². The molecule has 31 heavy (non-hydrogen) atoms. The molecule has 0 bridgehead atoms. The fraction of sp³-hybridized carbons (Fsp3) is 0.417. The number of carbonyl (C=O) groups excluding carboxylic acids is 2. The molecule has 7 nitrogen and oxygen atoms in total. The van der Waals surface area contributed by atoms with E-state index in [-0.39, 0.29) is 42.0 Å². The van der Waals surface area contributed by atoms with Crippen LogP contribution >= 0.6 is 0 Å². The monoisotopic (exact) mass is 422 g/mol. The van der Waals surface area contributed by atoms with Crippen molar-refractivity contribution < 1.29 is 23.8 Å². The number of nitrogens with one attached hydrogen (secondary N) is 2. The van der Waals surface area contributed by atoms with Crippen LogP contribution in [0, 0.1) is 12.8 Å². The van der Waals surface area contributed by atoms with Gasteiger partial charge in [-0.2, -0.15) is 0 Å². The van der Waals surface area contributed by atoms with Crippen LogP contribution in [0.5, 0.6) is 11.5 Å². The molecule has 0 radical (unpaired) electrons. The van der Waals surface area contributed by atoms with Crippen LogP contribution in [0.4, 0.5) is 0 Å². The van der Waals surface area contributed by atoms with Crippen molar-refractivity contribution in [2.75, 3.05) is 13.2 Å². The Bertz CT molecular complexity index is 972. The minimum atomic E-state index is -0.263. The highest BCUT2D eigenvalue weighted by Crippen LogP contribution is 2.31. The number of fused-ring (bicyclic) bond motifs is 1. The first-order chi connectivity index (χ1) is 15.1. The molecule has 7 heteroatoms. The van der Waals surface area contributed by atoms with Crippen LogP contribution in [0.15, 0.2) is 48.5 Å². The van der Waals surface area contributed by atoms with E-state index in [4.69, 9.17) is 14.2 Å². The van der Waals surface area contributed by atoms with Crippen molar-refractivity contribution in [3.05, 3.63) is 59.7 Å². The zero-order chi connectivity index (χ0) is 21.4. The fourth-order valence-electron chi connectivity index (χ4n) is 4.09. The highest BCUT2D eigenvalue weighted by Gasteiger charge is 2.49. The zero-order valence-corrected chi connectivity index (χ0v) is 17.4. The SMILES string of the molecule is Cc1ccc(Oc2cccc(C(=O)N[C@H]3CO[C@H]4[C@@H]3OC[C@@H]4NC(=O)C3CC3)c2)cc1. The van der Waals surface area contributed by atoms with Gasteiger partial charge in [-0.05, 0) is 50.1 Å². The number of amides is 2. The van der Waals surface area contributed by atoms with Crippen LogP contribution in [-0.2, 0) is 14.3 Å². The number of aryl methyl sites for hydroxylation is 1. The number of hydrogen-bond acceptors (Lipinski definition) is 5. The maximum atomic E-state index is 12.8. The first kappa shape index (κ1) is 20.0. The highest BCUT2D eigenvalue weighted by molar-refractivity contribution is 5.94. The standard InChI is InChI=1S/C24H26N2O5/c1-14-5-9-17(10-6-14)31-18-4-2-3-16(11-18)24(28)26-20-13-30-21-19(12-29-22(20)21)25-23(27)15-7-8-15/h2-6,9-11,15,19-22H,7-8,12-13H2,1H3,(H,25,27)(H,26,28)/t19-,20-,21+,22+/m0/s1. The molecular formula is C24H26N2O5. The topological polar surface area (TPSA) is 85.9 Å². The van der Waals surface area contributed by atoms with E-state index in [1.807, 2.05) is 37.3 Å². The third-order valence-electron chi connectivity index (χ3n) is 6.00. The molecule has 2 aromatic carbocycles. The lowest BCUT2D eigenvalue weighted by Crippen LogP contribution is -2.47. The van der Waals surface area contributed by atoms with Gasteiger partial charge < -0.3 is 24.8 Å². The van der Waals surface area contributed by atoms with Gasteiger partial charge in [0, 0.05) is 11.5 Å². The Morgan fingerprint density at radius 1 is 0.903 bits per heavy atom. The van der Waals surface area contributed by atoms with E-state index >= 15 is 0 Å². The van der Waals surface area contributed by atoms with Crippen LogP contribution < -0.4 is 15.4 Å². The van der Waals surface area contributed by atoms with Gasteiger partial charge in [0.15, 0.2) is 0 Å². The maximum absolute atomic E-state index is 12.8. The van der Waals surface area contributed by atoms with Gasteiger partial charge in [0.2, 0.25) is 5.91 Å². The van der Waals surface area contributed by atoms with Crippen LogP contribution in [0.3, 0.4) is 0 Å². The van der Waals surface area contributed by atoms with Crippen molar-refractivity contribution in [2.24, 2.45) is 5.92 Å². The van der Waals surface area contributed by atoms with E-state index in [0.717, 1.165) is 18.4 Å². The lowest BCUT2D eigenvalue weighted by atomic mass is 10.1. The molecule has 2 aliphatic heterocycles. The molecule has 2 heterocycles. The van der Waals surface area contributed by atoms with Crippen molar-refractivity contribution in [3.8, 4) is 11.5 Å². The van der Waals surface area contributed by atoms with Gasteiger partial charge in [-0.1, -0.05) is 23.8 Å². The summed E-state index contributed by atoms with van der Waals surface area (Å²) < 4.78 is 17.6. The molecule has 1 saturated carbocycles. The molecule has 1 aliphatic carbocycles. The van der Waals surface area contributed by atoms with E-state index in [0.29, 0.717) is 30.3 Å². The number of ether oxygens (including phenoxy) is 3. The Morgan fingerprint density at radius 3 is 2.26 bits per heavy atom. The lowest BCUT2D eigenvalue weighted by Gasteiger charge is -2.18. The van der Waals surface area contributed by atoms with Crippen molar-refractivity contribution in [1.82, 2.24) is 10.6 Å². The average Bonchev–Trinajstić information content (AvgIpc) is 3.45. The maximum Gasteiger partial charge on any atom is 0.251 e. The summed E-state index contributed by atoms with van der Waals surface area (Å²) in [4.78, 5) is 24.9. The van der Waals surface area contributed by atoms with Gasteiger partial charge >= 0.3 is 0 Å². The molecule has 0 spiro atoms. The van der Waals surface area contributed by atoms with E-state index in [2.05, 4.69) is 10.6 Å². The third-order valence-corrected chi connectivity index (χ3v) is 6.00. The Kier molecular flexibility index (Phi) is 5.38. The van der Waals surface area contributed by atoms with Crippen molar-refractivity contribution in [2.45, 2.75) is 44.1 Å². The molecule has 3 fully saturated rings. The lowest BCUT2D eigenvalue weighted by molar-refractivity contribution is -0.123. The zero-order valence-electron chi connectivity index (χ0n) is 17.4. The Labute approximate surface area is 181 Å². The summed E-state index contributed by atoms with van der Waals surface area (Å²) in [6.07, 6.45) is 1.42. The Balaban J connectivity index is 1.19. The molecule has 2 aromatic rings. The molecule has 4 atom stereocenters.